The number of fused-ring (bicyclic) bond motifs is 4. The molecule has 0 aromatic heterocycles. The molecule has 0 aliphatic heterocycles. The second-order valence-electron chi connectivity index (χ2n) is 41.5. The third kappa shape index (κ3) is 16.2. The Balaban J connectivity index is 0.767. The summed E-state index contributed by atoms with van der Waals surface area (Å²) in [5.74, 6) is -1.67. The van der Waals surface area contributed by atoms with Crippen molar-refractivity contribution in [3.05, 3.63) is 262 Å². The van der Waals surface area contributed by atoms with E-state index in [1.807, 2.05) is 36.4 Å². The summed E-state index contributed by atoms with van der Waals surface area (Å²) in [4.78, 5) is 4.48. The molecule has 0 spiro atoms. The number of anilines is 6. The lowest BCUT2D eigenvalue weighted by atomic mass is 9.63. The van der Waals surface area contributed by atoms with Gasteiger partial charge in [0, 0.05) is 69.2 Å². The largest absolute Gasteiger partial charge is 0.508 e. The minimum Gasteiger partial charge on any atom is -0.508 e. The van der Waals surface area contributed by atoms with Gasteiger partial charge in [-0.1, -0.05) is 347 Å². The van der Waals surface area contributed by atoms with E-state index < -0.39 is 24.0 Å². The van der Waals surface area contributed by atoms with Crippen LogP contribution in [0.2, 0.25) is 0 Å². The number of hydrogen-bond donors (Lipinski definition) is 4. The first-order chi connectivity index (χ1) is 58.7. The van der Waals surface area contributed by atoms with Crippen LogP contribution in [0.1, 0.15) is 358 Å². The molecular formula is C116H146N2O4. The number of unbranched alkanes of at least 4 members (excludes halogenated alkanes) is 8. The fourth-order valence-electron chi connectivity index (χ4n) is 25.7. The molecule has 15 rings (SSSR count). The Labute approximate surface area is 735 Å². The lowest BCUT2D eigenvalue weighted by Crippen LogP contribution is -2.51. The molecule has 1 fully saturated rings. The summed E-state index contributed by atoms with van der Waals surface area (Å²) in [6.07, 6.45) is 31.5. The summed E-state index contributed by atoms with van der Waals surface area (Å²) in [5.41, 5.74) is 29.2. The van der Waals surface area contributed by atoms with E-state index in [2.05, 4.69) is 290 Å². The van der Waals surface area contributed by atoms with Crippen molar-refractivity contribution in [3.63, 3.8) is 0 Å². The van der Waals surface area contributed by atoms with Crippen molar-refractivity contribution in [2.45, 2.75) is 358 Å². The minimum absolute atomic E-state index is 0.00737. The molecule has 10 aromatic carbocycles. The molecule has 644 valence electrons. The molecular weight excluding hydrogens is 1490 g/mol. The lowest BCUT2D eigenvalue weighted by molar-refractivity contribution is -0.0797. The smallest absolute Gasteiger partial charge is 0.121 e. The molecule has 0 bridgehead atoms. The predicted molar refractivity (Wildman–Crippen MR) is 518 cm³/mol. The fourth-order valence-corrected chi connectivity index (χ4v) is 25.7. The first-order valence-corrected chi connectivity index (χ1v) is 48.3. The lowest BCUT2D eigenvalue weighted by Gasteiger charge is -2.47. The average Bonchev–Trinajstić information content (AvgIpc) is 1.63. The van der Waals surface area contributed by atoms with Gasteiger partial charge < -0.3 is 30.2 Å². The van der Waals surface area contributed by atoms with E-state index >= 15 is 0 Å². The molecule has 1 saturated carbocycles. The number of hydrogen-bond acceptors (Lipinski definition) is 6. The van der Waals surface area contributed by atoms with E-state index in [0.29, 0.717) is 11.1 Å². The van der Waals surface area contributed by atoms with Gasteiger partial charge in [0.2, 0.25) is 0 Å². The minimum atomic E-state index is -1.12. The third-order valence-electron chi connectivity index (χ3n) is 30.9. The number of phenols is 2. The van der Waals surface area contributed by atoms with Crippen LogP contribution in [0.3, 0.4) is 0 Å². The normalized spacial score (nSPS) is 19.8. The number of aromatic hydroxyl groups is 2. The van der Waals surface area contributed by atoms with Gasteiger partial charge in [0.1, 0.15) is 11.5 Å². The highest BCUT2D eigenvalue weighted by molar-refractivity contribution is 5.86. The summed E-state index contributed by atoms with van der Waals surface area (Å²) in [5, 5.41) is 50.6. The molecule has 4 N–H and O–H groups in total. The molecule has 0 saturated heterocycles. The SMILES string of the molecule is CCCCC1(CCCC)CC(C)(C)c2c(-c3ccc(N(c4ccc(-c5cccc6c5C(C)(C)CC6(CCCC)CCCC)cc4)c4ccc(C5C(O)C(c6ccc(N(c7ccc(-c8cccc9c8C(C)(C)CC9(CCCC)CCCC)cc7)c7ccc(-c8cccc9c8C(CCCC)(CCCC)CC9(C)C)cc7)cc6O)C5O)c(O)c4)cc3)cccc21. The monoisotopic (exact) mass is 1630 g/mol. The van der Waals surface area contributed by atoms with E-state index in [1.54, 1.807) is 22.3 Å². The van der Waals surface area contributed by atoms with Crippen LogP contribution in [0.25, 0.3) is 44.5 Å². The summed E-state index contributed by atoms with van der Waals surface area (Å²) in [6, 6.07) is 76.2. The molecule has 5 aliphatic carbocycles. The molecule has 6 heteroatoms. The van der Waals surface area contributed by atoms with Crippen molar-refractivity contribution in [1.29, 1.82) is 0 Å². The van der Waals surface area contributed by atoms with Crippen LogP contribution in [0, 0.1) is 0 Å². The Bertz CT molecular complexity index is 5110. The van der Waals surface area contributed by atoms with Crippen LogP contribution < -0.4 is 9.80 Å². The van der Waals surface area contributed by atoms with Crippen LogP contribution in [0.4, 0.5) is 34.1 Å². The van der Waals surface area contributed by atoms with E-state index in [9.17, 15) is 20.4 Å². The molecule has 0 amide bonds. The first-order valence-electron chi connectivity index (χ1n) is 48.3. The fraction of sp³-hybridized carbons (Fsp3) is 0.483. The van der Waals surface area contributed by atoms with Gasteiger partial charge in [-0.2, -0.15) is 0 Å². The summed E-state index contributed by atoms with van der Waals surface area (Å²) in [7, 11) is 0. The maximum absolute atomic E-state index is 12.7. The second kappa shape index (κ2) is 35.7. The summed E-state index contributed by atoms with van der Waals surface area (Å²) in [6.45, 7) is 38.4. The Morgan fingerprint density at radius 1 is 0.262 bits per heavy atom. The van der Waals surface area contributed by atoms with Crippen LogP contribution in [0.5, 0.6) is 11.5 Å². The van der Waals surface area contributed by atoms with E-state index in [1.165, 1.54) is 221 Å². The molecule has 0 heterocycles. The number of aliphatic hydroxyl groups is 2. The zero-order chi connectivity index (χ0) is 86.3. The molecule has 6 nitrogen and oxygen atoms in total. The molecule has 2 unspecified atom stereocenters. The summed E-state index contributed by atoms with van der Waals surface area (Å²) < 4.78 is 0. The van der Waals surface area contributed by atoms with Gasteiger partial charge in [0.25, 0.3) is 0 Å². The Morgan fingerprint density at radius 3 is 0.746 bits per heavy atom. The van der Waals surface area contributed by atoms with Gasteiger partial charge in [-0.05, 0) is 270 Å². The zero-order valence-electron chi connectivity index (χ0n) is 77.4. The van der Waals surface area contributed by atoms with Crippen LogP contribution >= 0.6 is 0 Å². The zero-order valence-corrected chi connectivity index (χ0v) is 77.4. The quantitative estimate of drug-likeness (QED) is 0.0313. The number of rotatable bonds is 36. The maximum Gasteiger partial charge on any atom is 0.121 e. The van der Waals surface area contributed by atoms with E-state index in [-0.39, 0.29) is 54.8 Å². The average molecular weight is 1630 g/mol. The van der Waals surface area contributed by atoms with Crippen molar-refractivity contribution in [2.75, 3.05) is 9.80 Å². The molecule has 122 heavy (non-hydrogen) atoms. The molecule has 0 radical (unpaired) electrons. The second-order valence-corrected chi connectivity index (χ2v) is 41.5. The number of nitrogens with zero attached hydrogens (tertiary/aromatic N) is 2. The number of benzene rings is 10. The van der Waals surface area contributed by atoms with E-state index in [0.717, 1.165) is 59.8 Å². The van der Waals surface area contributed by atoms with Gasteiger partial charge in [0.15, 0.2) is 0 Å². The molecule has 5 aliphatic rings. The number of phenolic OH excluding ortho intramolecular Hbond substituents is 2. The van der Waals surface area contributed by atoms with Crippen molar-refractivity contribution in [1.82, 2.24) is 0 Å². The van der Waals surface area contributed by atoms with Gasteiger partial charge in [0.05, 0.1) is 12.2 Å². The van der Waals surface area contributed by atoms with Crippen LogP contribution in [-0.2, 0) is 43.3 Å². The Morgan fingerprint density at radius 2 is 0.492 bits per heavy atom. The Hall–Kier alpha value is -8.68. The molecule has 2 atom stereocenters. The van der Waals surface area contributed by atoms with Crippen molar-refractivity contribution in [2.24, 2.45) is 0 Å². The third-order valence-corrected chi connectivity index (χ3v) is 30.9. The van der Waals surface area contributed by atoms with Crippen molar-refractivity contribution >= 4 is 34.1 Å². The van der Waals surface area contributed by atoms with Gasteiger partial charge in [-0.3, -0.25) is 0 Å². The van der Waals surface area contributed by atoms with Crippen molar-refractivity contribution in [3.8, 4) is 56.0 Å². The highest BCUT2D eigenvalue weighted by Crippen LogP contribution is 2.63. The standard InChI is InChI=1S/C116H146N2O4/c1-17-25-65-113(66-26-18-2)76-110(11,12)103-89(37-34-42-96(103)113)79-45-53-83(54-46-79)117(84-55-47-80(48-56-84)90-38-35-43-97-104(90)111(13,14)77-114(97,67-27-19-3)68-28-20-4)87-61-63-93(99(119)73-87)101-107(121)102(108(101)122)94-64-62-88(74-100(94)120)118(85-57-49-81(50-58-85)91-39-36-44-98-105(91)112(15,16)78-115(98,69-29-21-5)70-30-22-6)86-59-51-82(52-60-86)92-40-33-41-95-106(92)116(71-31-23-7,72-32-24-8)75-109(95,9)10/h33-64,73-74,101-102,107-108,119-122H,17-32,65-72,75-78H2,1-16H3. The highest BCUT2D eigenvalue weighted by atomic mass is 16.3. The Kier molecular flexibility index (Phi) is 25.8. The van der Waals surface area contributed by atoms with Crippen LogP contribution in [-0.4, -0.2) is 32.6 Å². The maximum atomic E-state index is 12.7. The van der Waals surface area contributed by atoms with Gasteiger partial charge in [-0.25, -0.2) is 0 Å². The van der Waals surface area contributed by atoms with E-state index in [4.69, 9.17) is 0 Å². The topological polar surface area (TPSA) is 87.4 Å². The highest BCUT2D eigenvalue weighted by Gasteiger charge is 2.55. The number of aliphatic hydroxyl groups excluding tert-OH is 2. The predicted octanol–water partition coefficient (Wildman–Crippen LogP) is 32.5. The van der Waals surface area contributed by atoms with Crippen LogP contribution in [0.15, 0.2) is 206 Å². The van der Waals surface area contributed by atoms with Gasteiger partial charge in [-0.15, -0.1) is 0 Å². The first kappa shape index (κ1) is 88.2. The van der Waals surface area contributed by atoms with Gasteiger partial charge >= 0.3 is 0 Å². The molecule has 10 aromatic rings. The summed E-state index contributed by atoms with van der Waals surface area (Å²) >= 11 is 0. The van der Waals surface area contributed by atoms with Crippen molar-refractivity contribution < 1.29 is 20.4 Å².